The number of rotatable bonds is 6. The van der Waals surface area contributed by atoms with Gasteiger partial charge in [-0.15, -0.1) is 6.58 Å². The maximum Gasteiger partial charge on any atom is 0.326 e. The van der Waals surface area contributed by atoms with Crippen LogP contribution in [-0.4, -0.2) is 29.2 Å². The molecule has 104 valence electrons. The molecule has 0 spiro atoms. The first kappa shape index (κ1) is 13.9. The van der Waals surface area contributed by atoms with E-state index < -0.39 is 12.0 Å². The molecule has 5 heteroatoms. The molecule has 0 aliphatic carbocycles. The van der Waals surface area contributed by atoms with Crippen LogP contribution in [0.1, 0.15) is 6.42 Å². The summed E-state index contributed by atoms with van der Waals surface area (Å²) in [6.07, 6.45) is 3.53. The maximum absolute atomic E-state index is 11.2. The van der Waals surface area contributed by atoms with Gasteiger partial charge >= 0.3 is 5.97 Å². The number of nitrogens with one attached hydrogen (secondary N) is 1. The minimum atomic E-state index is -0.933. The molecule has 1 heterocycles. The Morgan fingerprint density at radius 2 is 2.35 bits per heavy atom. The number of hydrogen-bond acceptors (Lipinski definition) is 4. The summed E-state index contributed by atoms with van der Waals surface area (Å²) in [5.41, 5.74) is 0. The molecule has 0 amide bonds. The standard InChI is InChI=1S/C15H16N2O3/c1-3-4-13(15(18)19)17-14-12-6-5-11(20-2)9-10(12)7-8-16-14/h3,5-9,13H,1,4H2,2H3,(H,16,17)(H,18,19). The lowest BCUT2D eigenvalue weighted by molar-refractivity contribution is -0.137. The number of nitrogens with zero attached hydrogens (tertiary/aromatic N) is 1. The average Bonchev–Trinajstić information content (AvgIpc) is 2.46. The smallest absolute Gasteiger partial charge is 0.326 e. The summed E-state index contributed by atoms with van der Waals surface area (Å²) in [5, 5.41) is 13.9. The number of fused-ring (bicyclic) bond motifs is 1. The van der Waals surface area contributed by atoms with Crippen molar-refractivity contribution in [3.05, 3.63) is 43.1 Å². The molecule has 0 radical (unpaired) electrons. The minimum absolute atomic E-state index is 0.323. The number of methoxy groups -OCH3 is 1. The largest absolute Gasteiger partial charge is 0.497 e. The van der Waals surface area contributed by atoms with Crippen LogP contribution in [0.4, 0.5) is 5.82 Å². The number of ether oxygens (including phenoxy) is 1. The molecule has 0 fully saturated rings. The van der Waals surface area contributed by atoms with Crippen LogP contribution in [-0.2, 0) is 4.79 Å². The summed E-state index contributed by atoms with van der Waals surface area (Å²) < 4.78 is 5.17. The molecule has 0 saturated heterocycles. The van der Waals surface area contributed by atoms with Crippen molar-refractivity contribution >= 4 is 22.6 Å². The first-order valence-electron chi connectivity index (χ1n) is 6.18. The number of carboxylic acid groups (broad SMARTS) is 1. The maximum atomic E-state index is 11.2. The summed E-state index contributed by atoms with van der Waals surface area (Å²) in [4.78, 5) is 15.4. The highest BCUT2D eigenvalue weighted by atomic mass is 16.5. The number of pyridine rings is 1. The van der Waals surface area contributed by atoms with Gasteiger partial charge in [-0.05, 0) is 36.1 Å². The lowest BCUT2D eigenvalue weighted by Gasteiger charge is -2.15. The van der Waals surface area contributed by atoms with Gasteiger partial charge in [-0.2, -0.15) is 0 Å². The van der Waals surface area contributed by atoms with E-state index in [2.05, 4.69) is 16.9 Å². The predicted octanol–water partition coefficient (Wildman–Crippen LogP) is 2.68. The third-order valence-corrected chi connectivity index (χ3v) is 2.98. The van der Waals surface area contributed by atoms with Gasteiger partial charge in [0.05, 0.1) is 7.11 Å². The zero-order chi connectivity index (χ0) is 14.5. The van der Waals surface area contributed by atoms with Gasteiger partial charge in [0.1, 0.15) is 17.6 Å². The first-order valence-corrected chi connectivity index (χ1v) is 6.18. The first-order chi connectivity index (χ1) is 9.65. The van der Waals surface area contributed by atoms with Gasteiger partial charge < -0.3 is 15.2 Å². The highest BCUT2D eigenvalue weighted by molar-refractivity contribution is 5.94. The van der Waals surface area contributed by atoms with Gasteiger partial charge in [0.15, 0.2) is 0 Å². The molecule has 0 aliphatic heterocycles. The van der Waals surface area contributed by atoms with Crippen molar-refractivity contribution in [2.45, 2.75) is 12.5 Å². The Morgan fingerprint density at radius 3 is 3.00 bits per heavy atom. The quantitative estimate of drug-likeness (QED) is 0.791. The molecule has 0 saturated carbocycles. The fourth-order valence-corrected chi connectivity index (χ4v) is 1.95. The van der Waals surface area contributed by atoms with E-state index in [9.17, 15) is 4.79 Å². The van der Waals surface area contributed by atoms with Gasteiger partial charge in [-0.25, -0.2) is 9.78 Å². The Hall–Kier alpha value is -2.56. The van der Waals surface area contributed by atoms with Gasteiger partial charge in [0.2, 0.25) is 0 Å². The number of carbonyl (C=O) groups is 1. The molecule has 1 atom stereocenters. The number of aromatic nitrogens is 1. The molecule has 2 aromatic rings. The second-order valence-corrected chi connectivity index (χ2v) is 4.31. The van der Waals surface area contributed by atoms with Crippen molar-refractivity contribution in [2.75, 3.05) is 12.4 Å². The monoisotopic (exact) mass is 272 g/mol. The van der Waals surface area contributed by atoms with Crippen molar-refractivity contribution in [1.82, 2.24) is 4.98 Å². The second-order valence-electron chi connectivity index (χ2n) is 4.31. The van der Waals surface area contributed by atoms with Crippen molar-refractivity contribution in [3.63, 3.8) is 0 Å². The average molecular weight is 272 g/mol. The Bertz CT molecular complexity index is 640. The number of aliphatic carboxylic acids is 1. The molecule has 2 N–H and O–H groups in total. The number of carboxylic acids is 1. The van der Waals surface area contributed by atoms with E-state index in [0.29, 0.717) is 12.2 Å². The van der Waals surface area contributed by atoms with Crippen molar-refractivity contribution in [2.24, 2.45) is 0 Å². The Morgan fingerprint density at radius 1 is 1.55 bits per heavy atom. The molecule has 20 heavy (non-hydrogen) atoms. The lowest BCUT2D eigenvalue weighted by atomic mass is 10.1. The highest BCUT2D eigenvalue weighted by Gasteiger charge is 2.17. The minimum Gasteiger partial charge on any atom is -0.497 e. The topological polar surface area (TPSA) is 71.5 Å². The van der Waals surface area contributed by atoms with Crippen LogP contribution in [0.2, 0.25) is 0 Å². The number of benzene rings is 1. The Labute approximate surface area is 116 Å². The van der Waals surface area contributed by atoms with Gasteiger partial charge in [0.25, 0.3) is 0 Å². The van der Waals surface area contributed by atoms with Crippen LogP contribution in [0, 0.1) is 0 Å². The third-order valence-electron chi connectivity index (χ3n) is 2.98. The van der Waals surface area contributed by atoms with Gasteiger partial charge in [-0.1, -0.05) is 6.08 Å². The van der Waals surface area contributed by atoms with E-state index in [1.807, 2.05) is 24.3 Å². The van der Waals surface area contributed by atoms with E-state index in [1.54, 1.807) is 19.4 Å². The summed E-state index contributed by atoms with van der Waals surface area (Å²) in [6.45, 7) is 3.57. The van der Waals surface area contributed by atoms with Crippen LogP contribution in [0.25, 0.3) is 10.8 Å². The van der Waals surface area contributed by atoms with E-state index in [-0.39, 0.29) is 0 Å². The van der Waals surface area contributed by atoms with E-state index in [4.69, 9.17) is 9.84 Å². The SMILES string of the molecule is C=CCC(Nc1nccc2cc(OC)ccc12)C(=O)O. The molecule has 2 rings (SSSR count). The Kier molecular flexibility index (Phi) is 4.20. The molecule has 5 nitrogen and oxygen atoms in total. The summed E-state index contributed by atoms with van der Waals surface area (Å²) in [6, 6.07) is 6.67. The van der Waals surface area contributed by atoms with Crippen LogP contribution < -0.4 is 10.1 Å². The Balaban J connectivity index is 2.38. The van der Waals surface area contributed by atoms with Crippen LogP contribution >= 0.6 is 0 Å². The van der Waals surface area contributed by atoms with E-state index in [0.717, 1.165) is 16.5 Å². The zero-order valence-corrected chi connectivity index (χ0v) is 11.2. The molecule has 1 aromatic heterocycles. The molecular weight excluding hydrogens is 256 g/mol. The summed E-state index contributed by atoms with van der Waals surface area (Å²) in [7, 11) is 1.60. The predicted molar refractivity (Wildman–Crippen MR) is 78.2 cm³/mol. The highest BCUT2D eigenvalue weighted by Crippen LogP contribution is 2.25. The fraction of sp³-hybridized carbons (Fsp3) is 0.200. The molecule has 0 aliphatic rings. The van der Waals surface area contributed by atoms with Crippen LogP contribution in [0.5, 0.6) is 5.75 Å². The van der Waals surface area contributed by atoms with Crippen molar-refractivity contribution in [1.29, 1.82) is 0 Å². The van der Waals surface area contributed by atoms with Crippen molar-refractivity contribution in [3.8, 4) is 5.75 Å². The van der Waals surface area contributed by atoms with Crippen molar-refractivity contribution < 1.29 is 14.6 Å². The second kappa shape index (κ2) is 6.06. The number of hydrogen-bond donors (Lipinski definition) is 2. The zero-order valence-electron chi connectivity index (χ0n) is 11.2. The molecule has 1 aromatic carbocycles. The van der Waals surface area contributed by atoms with Crippen LogP contribution in [0.3, 0.4) is 0 Å². The van der Waals surface area contributed by atoms with Crippen LogP contribution in [0.15, 0.2) is 43.1 Å². The third kappa shape index (κ3) is 2.88. The molecule has 0 bridgehead atoms. The lowest BCUT2D eigenvalue weighted by Crippen LogP contribution is -2.29. The fourth-order valence-electron chi connectivity index (χ4n) is 1.95. The normalized spacial score (nSPS) is 11.8. The summed E-state index contributed by atoms with van der Waals surface area (Å²) in [5.74, 6) is 0.354. The van der Waals surface area contributed by atoms with Gasteiger partial charge in [-0.3, -0.25) is 0 Å². The molecular formula is C15H16N2O3. The van der Waals surface area contributed by atoms with E-state index in [1.165, 1.54) is 0 Å². The number of anilines is 1. The molecule has 1 unspecified atom stereocenters. The summed E-state index contributed by atoms with van der Waals surface area (Å²) >= 11 is 0. The van der Waals surface area contributed by atoms with E-state index >= 15 is 0 Å². The van der Waals surface area contributed by atoms with Gasteiger partial charge in [0, 0.05) is 11.6 Å².